The van der Waals surface area contributed by atoms with Crippen LogP contribution in [0.3, 0.4) is 0 Å². The van der Waals surface area contributed by atoms with Crippen LogP contribution in [0, 0.1) is 0 Å². The molecule has 0 bridgehead atoms. The maximum absolute atomic E-state index is 11.4. The highest BCUT2D eigenvalue weighted by Crippen LogP contribution is 2.28. The molecule has 130 valence electrons. The molecule has 0 amide bonds. The van der Waals surface area contributed by atoms with Crippen molar-refractivity contribution in [3.63, 3.8) is 0 Å². The predicted octanol–water partition coefficient (Wildman–Crippen LogP) is 3.73. The number of hydrogen-bond acceptors (Lipinski definition) is 4. The highest BCUT2D eigenvalue weighted by molar-refractivity contribution is 7.89. The van der Waals surface area contributed by atoms with E-state index < -0.39 is 10.0 Å². The lowest BCUT2D eigenvalue weighted by Gasteiger charge is -2.12. The third kappa shape index (κ3) is 4.15. The quantitative estimate of drug-likeness (QED) is 0.729. The Morgan fingerprint density at radius 2 is 1.84 bits per heavy atom. The monoisotopic (exact) mass is 356 g/mol. The van der Waals surface area contributed by atoms with Gasteiger partial charge in [0.25, 0.3) is 0 Å². The number of nitrogens with two attached hydrogens (primary N) is 1. The molecular formula is C19H20N2O3S. The molecule has 1 aromatic heterocycles. The molecule has 1 atom stereocenters. The van der Waals surface area contributed by atoms with Gasteiger partial charge in [-0.1, -0.05) is 43.3 Å². The molecule has 5 nitrogen and oxygen atoms in total. The van der Waals surface area contributed by atoms with E-state index in [1.807, 2.05) is 18.2 Å². The largest absolute Gasteiger partial charge is 0.449 e. The van der Waals surface area contributed by atoms with Crippen molar-refractivity contribution in [3.8, 4) is 11.1 Å². The van der Waals surface area contributed by atoms with E-state index in [0.717, 1.165) is 29.9 Å². The van der Waals surface area contributed by atoms with E-state index in [2.05, 4.69) is 18.0 Å². The standard InChI is InChI=1S/C19H20N2O3S/c1-14(19-21-12-13-24-19)6-7-15-4-2-3-5-18(15)16-8-10-17(11-9-16)25(20,22)23/h2-5,8-14H,6-7H2,1H3,(H2,20,22,23). The van der Waals surface area contributed by atoms with Crippen LogP contribution in [-0.4, -0.2) is 13.4 Å². The second kappa shape index (κ2) is 7.21. The van der Waals surface area contributed by atoms with E-state index in [4.69, 9.17) is 9.56 Å². The summed E-state index contributed by atoms with van der Waals surface area (Å²) in [5.74, 6) is 0.975. The van der Waals surface area contributed by atoms with Gasteiger partial charge >= 0.3 is 0 Å². The van der Waals surface area contributed by atoms with Crippen molar-refractivity contribution in [1.82, 2.24) is 4.98 Å². The molecule has 2 N–H and O–H groups in total. The molecule has 2 aromatic carbocycles. The van der Waals surface area contributed by atoms with Gasteiger partial charge in [-0.2, -0.15) is 0 Å². The van der Waals surface area contributed by atoms with Crippen molar-refractivity contribution in [2.45, 2.75) is 30.6 Å². The zero-order chi connectivity index (χ0) is 17.9. The molecule has 3 rings (SSSR count). The first-order valence-corrected chi connectivity index (χ1v) is 9.60. The van der Waals surface area contributed by atoms with Gasteiger partial charge in [-0.15, -0.1) is 0 Å². The molecule has 0 aliphatic heterocycles. The summed E-state index contributed by atoms with van der Waals surface area (Å²) in [6.45, 7) is 2.09. The van der Waals surface area contributed by atoms with Crippen LogP contribution in [0.15, 0.2) is 70.3 Å². The second-order valence-electron chi connectivity index (χ2n) is 6.04. The Balaban J connectivity index is 1.81. The van der Waals surface area contributed by atoms with Crippen LogP contribution in [0.4, 0.5) is 0 Å². The summed E-state index contributed by atoms with van der Waals surface area (Å²) >= 11 is 0. The maximum atomic E-state index is 11.4. The molecule has 0 saturated heterocycles. The number of sulfonamides is 1. The van der Waals surface area contributed by atoms with Crippen LogP contribution >= 0.6 is 0 Å². The lowest BCUT2D eigenvalue weighted by Crippen LogP contribution is -2.11. The van der Waals surface area contributed by atoms with Gasteiger partial charge in [0, 0.05) is 5.92 Å². The summed E-state index contributed by atoms with van der Waals surface area (Å²) in [6.07, 6.45) is 5.03. The van der Waals surface area contributed by atoms with Gasteiger partial charge in [-0.3, -0.25) is 0 Å². The van der Waals surface area contributed by atoms with E-state index in [9.17, 15) is 8.42 Å². The van der Waals surface area contributed by atoms with Crippen molar-refractivity contribution in [2.75, 3.05) is 0 Å². The number of aryl methyl sites for hydroxylation is 1. The summed E-state index contributed by atoms with van der Waals surface area (Å²) in [5.41, 5.74) is 3.25. The predicted molar refractivity (Wildman–Crippen MR) is 96.5 cm³/mol. The van der Waals surface area contributed by atoms with Crippen molar-refractivity contribution in [1.29, 1.82) is 0 Å². The number of aromatic nitrogens is 1. The highest BCUT2D eigenvalue weighted by Gasteiger charge is 2.13. The van der Waals surface area contributed by atoms with E-state index in [-0.39, 0.29) is 10.8 Å². The molecule has 6 heteroatoms. The minimum Gasteiger partial charge on any atom is -0.449 e. The molecule has 0 radical (unpaired) electrons. The average molecular weight is 356 g/mol. The summed E-state index contributed by atoms with van der Waals surface area (Å²) < 4.78 is 28.2. The van der Waals surface area contributed by atoms with Gasteiger partial charge in [-0.05, 0) is 41.7 Å². The van der Waals surface area contributed by atoms with Crippen molar-refractivity contribution >= 4 is 10.0 Å². The average Bonchev–Trinajstić information content (AvgIpc) is 3.14. The Morgan fingerprint density at radius 3 is 2.48 bits per heavy atom. The van der Waals surface area contributed by atoms with Crippen LogP contribution in [0.5, 0.6) is 0 Å². The van der Waals surface area contributed by atoms with Gasteiger partial charge in [0.15, 0.2) is 5.89 Å². The van der Waals surface area contributed by atoms with Crippen LogP contribution in [-0.2, 0) is 16.4 Å². The molecule has 0 fully saturated rings. The van der Waals surface area contributed by atoms with E-state index in [1.165, 1.54) is 17.7 Å². The highest BCUT2D eigenvalue weighted by atomic mass is 32.2. The van der Waals surface area contributed by atoms with Crippen molar-refractivity contribution in [2.24, 2.45) is 5.14 Å². The van der Waals surface area contributed by atoms with E-state index in [1.54, 1.807) is 24.6 Å². The number of benzene rings is 2. The summed E-state index contributed by atoms with van der Waals surface area (Å²) in [4.78, 5) is 4.32. The van der Waals surface area contributed by atoms with Crippen molar-refractivity contribution in [3.05, 3.63) is 72.4 Å². The number of rotatable bonds is 6. The lowest BCUT2D eigenvalue weighted by molar-refractivity contribution is 0.446. The maximum Gasteiger partial charge on any atom is 0.238 e. The topological polar surface area (TPSA) is 86.2 Å². The molecule has 25 heavy (non-hydrogen) atoms. The van der Waals surface area contributed by atoms with Crippen LogP contribution < -0.4 is 5.14 Å². The second-order valence-corrected chi connectivity index (χ2v) is 7.60. The van der Waals surface area contributed by atoms with E-state index in [0.29, 0.717) is 0 Å². The van der Waals surface area contributed by atoms with Gasteiger partial charge < -0.3 is 4.42 Å². The zero-order valence-electron chi connectivity index (χ0n) is 13.9. The fourth-order valence-electron chi connectivity index (χ4n) is 2.82. The number of hydrogen-bond donors (Lipinski definition) is 1. The fourth-order valence-corrected chi connectivity index (χ4v) is 3.33. The lowest BCUT2D eigenvalue weighted by atomic mass is 9.94. The summed E-state index contributed by atoms with van der Waals surface area (Å²) in [7, 11) is -3.68. The summed E-state index contributed by atoms with van der Waals surface area (Å²) in [6, 6.07) is 14.8. The SMILES string of the molecule is CC(CCc1ccccc1-c1ccc(S(N)(=O)=O)cc1)c1ncco1. The minimum atomic E-state index is -3.68. The Labute approximate surface area is 147 Å². The van der Waals surface area contributed by atoms with Crippen LogP contribution in [0.2, 0.25) is 0 Å². The molecule has 1 heterocycles. The number of oxazole rings is 1. The molecule has 1 unspecified atom stereocenters. The molecule has 0 saturated carbocycles. The molecule has 0 aliphatic carbocycles. The molecule has 3 aromatic rings. The minimum absolute atomic E-state index is 0.117. The first-order chi connectivity index (χ1) is 11.9. The van der Waals surface area contributed by atoms with Gasteiger partial charge in [0.05, 0.1) is 11.1 Å². The molecule has 0 aliphatic rings. The van der Waals surface area contributed by atoms with E-state index >= 15 is 0 Å². The number of nitrogens with zero attached hydrogens (tertiary/aromatic N) is 1. The molecule has 0 spiro atoms. The van der Waals surface area contributed by atoms with Gasteiger partial charge in [-0.25, -0.2) is 18.5 Å². The number of primary sulfonamides is 1. The Bertz CT molecular complexity index is 933. The summed E-state index contributed by atoms with van der Waals surface area (Å²) in [5, 5.41) is 5.16. The Hall–Kier alpha value is -2.44. The third-order valence-electron chi connectivity index (χ3n) is 4.23. The zero-order valence-corrected chi connectivity index (χ0v) is 14.7. The van der Waals surface area contributed by atoms with Crippen LogP contribution in [0.25, 0.3) is 11.1 Å². The fraction of sp³-hybridized carbons (Fsp3) is 0.211. The first kappa shape index (κ1) is 17.4. The smallest absolute Gasteiger partial charge is 0.238 e. The first-order valence-electron chi connectivity index (χ1n) is 8.05. The third-order valence-corrected chi connectivity index (χ3v) is 5.16. The van der Waals surface area contributed by atoms with Gasteiger partial charge in [0.1, 0.15) is 6.26 Å². The Morgan fingerprint density at radius 1 is 1.12 bits per heavy atom. The Kier molecular flexibility index (Phi) is 5.01. The normalized spacial score (nSPS) is 12.9. The van der Waals surface area contributed by atoms with Crippen LogP contribution in [0.1, 0.15) is 30.7 Å². The molecular weight excluding hydrogens is 336 g/mol. The van der Waals surface area contributed by atoms with Crippen molar-refractivity contribution < 1.29 is 12.8 Å². The van der Waals surface area contributed by atoms with Gasteiger partial charge in [0.2, 0.25) is 10.0 Å².